The van der Waals surface area contributed by atoms with Crippen molar-refractivity contribution in [2.24, 2.45) is 0 Å². The Balaban J connectivity index is 1.70. The van der Waals surface area contributed by atoms with Crippen molar-refractivity contribution in [2.75, 3.05) is 0 Å². The Hall–Kier alpha value is -2.79. The van der Waals surface area contributed by atoms with Crippen LogP contribution in [0.1, 0.15) is 12.0 Å². The number of hydrogen-bond acceptors (Lipinski definition) is 2. The summed E-state index contributed by atoms with van der Waals surface area (Å²) in [6.07, 6.45) is 5.47. The van der Waals surface area contributed by atoms with Crippen LogP contribution >= 0.6 is 15.9 Å². The van der Waals surface area contributed by atoms with Crippen molar-refractivity contribution in [3.8, 4) is 22.5 Å². The smallest absolute Gasteiger partial charge is 0.178 e. The highest BCUT2D eigenvalue weighted by molar-refractivity contribution is 9.10. The van der Waals surface area contributed by atoms with E-state index in [0.29, 0.717) is 0 Å². The lowest BCUT2D eigenvalue weighted by Gasteiger charge is -2.12. The fraction of sp³-hybridized carbons (Fsp3) is 0.130. The van der Waals surface area contributed by atoms with Gasteiger partial charge in [-0.15, -0.1) is 0 Å². The molecule has 0 aliphatic carbocycles. The second-order valence-electron chi connectivity index (χ2n) is 6.56. The number of imidazole rings is 1. The quantitative estimate of drug-likeness (QED) is 0.363. The van der Waals surface area contributed by atoms with E-state index in [9.17, 15) is 4.39 Å². The van der Waals surface area contributed by atoms with E-state index in [4.69, 9.17) is 4.98 Å². The zero-order chi connectivity index (χ0) is 19.3. The molecule has 140 valence electrons. The minimum absolute atomic E-state index is 0.247. The summed E-state index contributed by atoms with van der Waals surface area (Å²) in [7, 11) is 0. The van der Waals surface area contributed by atoms with Crippen LogP contribution in [0.15, 0.2) is 83.9 Å². The number of pyridine rings is 1. The van der Waals surface area contributed by atoms with Gasteiger partial charge in [0.1, 0.15) is 5.82 Å². The third-order valence-corrected chi connectivity index (χ3v) is 5.29. The van der Waals surface area contributed by atoms with Gasteiger partial charge in [0.05, 0.1) is 11.4 Å². The van der Waals surface area contributed by atoms with Crippen molar-refractivity contribution in [2.45, 2.75) is 19.4 Å². The SMILES string of the molecule is Fc1ccc(-c2c(-c3ccncc3)nc(Br)n2CCCc2ccccc2)cc1. The summed E-state index contributed by atoms with van der Waals surface area (Å²) in [6, 6.07) is 20.9. The fourth-order valence-corrected chi connectivity index (χ4v) is 3.86. The monoisotopic (exact) mass is 435 g/mol. The number of benzene rings is 2. The Morgan fingerprint density at radius 2 is 1.57 bits per heavy atom. The van der Waals surface area contributed by atoms with E-state index in [1.165, 1.54) is 17.7 Å². The largest absolute Gasteiger partial charge is 0.318 e. The first-order valence-corrected chi connectivity index (χ1v) is 9.98. The van der Waals surface area contributed by atoms with Crippen molar-refractivity contribution in [3.05, 3.63) is 95.2 Å². The van der Waals surface area contributed by atoms with Gasteiger partial charge in [0.15, 0.2) is 4.73 Å². The maximum absolute atomic E-state index is 13.5. The summed E-state index contributed by atoms with van der Waals surface area (Å²) in [4.78, 5) is 8.86. The molecule has 0 N–H and O–H groups in total. The molecule has 4 rings (SSSR count). The highest BCUT2D eigenvalue weighted by Crippen LogP contribution is 2.34. The van der Waals surface area contributed by atoms with Crippen LogP contribution in [0.2, 0.25) is 0 Å². The molecule has 0 amide bonds. The normalized spacial score (nSPS) is 10.9. The summed E-state index contributed by atoms with van der Waals surface area (Å²) in [5.74, 6) is -0.247. The van der Waals surface area contributed by atoms with E-state index in [-0.39, 0.29) is 5.82 Å². The van der Waals surface area contributed by atoms with Crippen molar-refractivity contribution in [1.29, 1.82) is 0 Å². The number of nitrogens with zero attached hydrogens (tertiary/aromatic N) is 3. The molecule has 2 aromatic carbocycles. The van der Waals surface area contributed by atoms with Crippen LogP contribution in [-0.4, -0.2) is 14.5 Å². The fourth-order valence-electron chi connectivity index (χ4n) is 3.33. The molecule has 0 saturated heterocycles. The number of rotatable bonds is 6. The van der Waals surface area contributed by atoms with Crippen LogP contribution < -0.4 is 0 Å². The van der Waals surface area contributed by atoms with Crippen molar-refractivity contribution < 1.29 is 4.39 Å². The first-order chi connectivity index (χ1) is 13.7. The van der Waals surface area contributed by atoms with Gasteiger partial charge in [-0.05, 0) is 70.7 Å². The molecule has 0 fully saturated rings. The average molecular weight is 436 g/mol. The molecule has 2 aromatic heterocycles. The van der Waals surface area contributed by atoms with Gasteiger partial charge < -0.3 is 4.57 Å². The molecule has 28 heavy (non-hydrogen) atoms. The molecule has 0 aliphatic heterocycles. The number of aromatic nitrogens is 3. The summed E-state index contributed by atoms with van der Waals surface area (Å²) >= 11 is 3.63. The average Bonchev–Trinajstić information content (AvgIpc) is 3.06. The first kappa shape index (κ1) is 18.6. The molecule has 2 heterocycles. The highest BCUT2D eigenvalue weighted by atomic mass is 79.9. The lowest BCUT2D eigenvalue weighted by Crippen LogP contribution is -2.03. The minimum Gasteiger partial charge on any atom is -0.318 e. The molecular weight excluding hydrogens is 417 g/mol. The second-order valence-corrected chi connectivity index (χ2v) is 7.27. The van der Waals surface area contributed by atoms with Gasteiger partial charge in [-0.3, -0.25) is 4.98 Å². The number of aryl methyl sites for hydroxylation is 1. The molecule has 5 heteroatoms. The number of halogens is 2. The van der Waals surface area contributed by atoms with E-state index >= 15 is 0 Å². The molecule has 3 nitrogen and oxygen atoms in total. The lowest BCUT2D eigenvalue weighted by molar-refractivity contribution is 0.626. The van der Waals surface area contributed by atoms with Crippen LogP contribution in [0.5, 0.6) is 0 Å². The van der Waals surface area contributed by atoms with Crippen LogP contribution in [-0.2, 0) is 13.0 Å². The predicted molar refractivity (Wildman–Crippen MR) is 113 cm³/mol. The van der Waals surface area contributed by atoms with Crippen molar-refractivity contribution in [3.63, 3.8) is 0 Å². The van der Waals surface area contributed by atoms with Gasteiger partial charge in [-0.1, -0.05) is 30.3 Å². The molecule has 4 aromatic rings. The third kappa shape index (κ3) is 4.04. The standard InChI is InChI=1S/C23H19BrFN3/c24-23-27-21(18-12-14-26-15-13-18)22(19-8-10-20(25)11-9-19)28(23)16-4-7-17-5-2-1-3-6-17/h1-3,5-6,8-15H,4,7,16H2. The Morgan fingerprint density at radius 3 is 2.29 bits per heavy atom. The van der Waals surface area contributed by atoms with Crippen LogP contribution in [0.4, 0.5) is 4.39 Å². The van der Waals surface area contributed by atoms with Crippen LogP contribution in [0, 0.1) is 5.82 Å². The Morgan fingerprint density at radius 1 is 0.857 bits per heavy atom. The van der Waals surface area contributed by atoms with Crippen molar-refractivity contribution >= 4 is 15.9 Å². The summed E-state index contributed by atoms with van der Waals surface area (Å²) in [6.45, 7) is 0.806. The van der Waals surface area contributed by atoms with Crippen molar-refractivity contribution in [1.82, 2.24) is 14.5 Å². The van der Waals surface area contributed by atoms with E-state index in [2.05, 4.69) is 49.7 Å². The van der Waals surface area contributed by atoms with E-state index in [1.807, 2.05) is 18.2 Å². The zero-order valence-electron chi connectivity index (χ0n) is 15.2. The summed E-state index contributed by atoms with van der Waals surface area (Å²) in [5.41, 5.74) is 5.08. The maximum atomic E-state index is 13.5. The minimum atomic E-state index is -0.247. The Bertz CT molecular complexity index is 1040. The molecule has 0 bridgehead atoms. The van der Waals surface area contributed by atoms with Gasteiger partial charge in [-0.2, -0.15) is 0 Å². The molecule has 0 unspecified atom stereocenters. The van der Waals surface area contributed by atoms with Gasteiger partial charge in [0.25, 0.3) is 0 Å². The Labute approximate surface area is 172 Å². The molecule has 0 atom stereocenters. The summed E-state index contributed by atoms with van der Waals surface area (Å²) < 4.78 is 16.4. The van der Waals surface area contributed by atoms with Gasteiger partial charge in [0, 0.05) is 30.1 Å². The molecule has 0 radical (unpaired) electrons. The van der Waals surface area contributed by atoms with Crippen LogP contribution in [0.25, 0.3) is 22.5 Å². The number of hydrogen-bond donors (Lipinski definition) is 0. The topological polar surface area (TPSA) is 30.7 Å². The van der Waals surface area contributed by atoms with Crippen LogP contribution in [0.3, 0.4) is 0 Å². The van der Waals surface area contributed by atoms with Gasteiger partial charge in [-0.25, -0.2) is 9.37 Å². The second kappa shape index (κ2) is 8.48. The highest BCUT2D eigenvalue weighted by Gasteiger charge is 2.18. The molecule has 0 saturated carbocycles. The zero-order valence-corrected chi connectivity index (χ0v) is 16.8. The van der Waals surface area contributed by atoms with E-state index < -0.39 is 0 Å². The summed E-state index contributed by atoms with van der Waals surface area (Å²) in [5, 5.41) is 0. The van der Waals surface area contributed by atoms with E-state index in [0.717, 1.165) is 46.6 Å². The molecule has 0 aliphatic rings. The molecular formula is C23H19BrFN3. The van der Waals surface area contributed by atoms with Gasteiger partial charge >= 0.3 is 0 Å². The molecule has 0 spiro atoms. The van der Waals surface area contributed by atoms with Gasteiger partial charge in [0.2, 0.25) is 0 Å². The third-order valence-electron chi connectivity index (χ3n) is 4.68. The maximum Gasteiger partial charge on any atom is 0.178 e. The first-order valence-electron chi connectivity index (χ1n) is 9.18. The predicted octanol–water partition coefficient (Wildman–Crippen LogP) is 6.15. The lowest BCUT2D eigenvalue weighted by atomic mass is 10.1. The Kier molecular flexibility index (Phi) is 5.63. The van der Waals surface area contributed by atoms with E-state index in [1.54, 1.807) is 24.5 Å².